The number of nitrogens with zero attached hydrogens (tertiary/aromatic N) is 2. The van der Waals surface area contributed by atoms with Gasteiger partial charge in [0.2, 0.25) is 0 Å². The molecule has 1 amide bonds. The molecule has 0 spiro atoms. The number of para-hydroxylation sites is 2. The van der Waals surface area contributed by atoms with Crippen LogP contribution in [0.1, 0.15) is 10.4 Å². The molecule has 1 aliphatic heterocycles. The molecule has 0 bridgehead atoms. The van der Waals surface area contributed by atoms with E-state index in [0.717, 1.165) is 24.5 Å². The van der Waals surface area contributed by atoms with Gasteiger partial charge in [-0.25, -0.2) is 0 Å². The van der Waals surface area contributed by atoms with Crippen molar-refractivity contribution in [3.05, 3.63) is 54.1 Å². The lowest BCUT2D eigenvalue weighted by atomic mass is 10.1. The SMILES string of the molecule is COc1ccccc1N1CCN(C(=O)c2cccc(N)c2)CC1. The van der Waals surface area contributed by atoms with Crippen LogP contribution in [-0.2, 0) is 0 Å². The fourth-order valence-corrected chi connectivity index (χ4v) is 2.90. The molecule has 0 aliphatic carbocycles. The van der Waals surface area contributed by atoms with Crippen LogP contribution in [0.2, 0.25) is 0 Å². The average molecular weight is 311 g/mol. The summed E-state index contributed by atoms with van der Waals surface area (Å²) < 4.78 is 5.42. The number of ether oxygens (including phenoxy) is 1. The zero-order valence-corrected chi connectivity index (χ0v) is 13.2. The van der Waals surface area contributed by atoms with E-state index < -0.39 is 0 Å². The Kier molecular flexibility index (Phi) is 4.37. The summed E-state index contributed by atoms with van der Waals surface area (Å²) in [6.07, 6.45) is 0. The van der Waals surface area contributed by atoms with Crippen molar-refractivity contribution in [2.45, 2.75) is 0 Å². The molecule has 0 atom stereocenters. The number of nitrogen functional groups attached to an aromatic ring is 1. The number of carbonyl (C=O) groups is 1. The van der Waals surface area contributed by atoms with E-state index in [4.69, 9.17) is 10.5 Å². The van der Waals surface area contributed by atoms with Gasteiger partial charge in [-0.1, -0.05) is 18.2 Å². The van der Waals surface area contributed by atoms with Gasteiger partial charge in [-0.05, 0) is 30.3 Å². The molecule has 5 nitrogen and oxygen atoms in total. The van der Waals surface area contributed by atoms with Crippen molar-refractivity contribution in [3.8, 4) is 5.75 Å². The number of nitrogens with two attached hydrogens (primary N) is 1. The van der Waals surface area contributed by atoms with Crippen LogP contribution >= 0.6 is 0 Å². The van der Waals surface area contributed by atoms with Gasteiger partial charge >= 0.3 is 0 Å². The van der Waals surface area contributed by atoms with E-state index in [-0.39, 0.29) is 5.91 Å². The lowest BCUT2D eigenvalue weighted by Gasteiger charge is -2.36. The lowest BCUT2D eigenvalue weighted by Crippen LogP contribution is -2.48. The highest BCUT2D eigenvalue weighted by atomic mass is 16.5. The van der Waals surface area contributed by atoms with Crippen molar-refractivity contribution in [2.24, 2.45) is 0 Å². The topological polar surface area (TPSA) is 58.8 Å². The zero-order valence-electron chi connectivity index (χ0n) is 13.2. The van der Waals surface area contributed by atoms with Crippen molar-refractivity contribution >= 4 is 17.3 Å². The van der Waals surface area contributed by atoms with Gasteiger partial charge in [0.05, 0.1) is 12.8 Å². The summed E-state index contributed by atoms with van der Waals surface area (Å²) in [6.45, 7) is 2.94. The quantitative estimate of drug-likeness (QED) is 0.883. The summed E-state index contributed by atoms with van der Waals surface area (Å²) in [7, 11) is 1.68. The summed E-state index contributed by atoms with van der Waals surface area (Å²) in [4.78, 5) is 16.7. The third-order valence-corrected chi connectivity index (χ3v) is 4.13. The maximum Gasteiger partial charge on any atom is 0.254 e. The molecule has 3 rings (SSSR count). The summed E-state index contributed by atoms with van der Waals surface area (Å²) in [5, 5.41) is 0. The second-order valence-electron chi connectivity index (χ2n) is 5.58. The number of carbonyl (C=O) groups excluding carboxylic acids is 1. The number of benzene rings is 2. The highest BCUT2D eigenvalue weighted by Gasteiger charge is 2.23. The van der Waals surface area contributed by atoms with Crippen molar-refractivity contribution in [2.75, 3.05) is 43.9 Å². The second-order valence-corrected chi connectivity index (χ2v) is 5.58. The molecule has 0 unspecified atom stereocenters. The van der Waals surface area contributed by atoms with Crippen LogP contribution in [0.4, 0.5) is 11.4 Å². The van der Waals surface area contributed by atoms with Crippen molar-refractivity contribution < 1.29 is 9.53 Å². The molecule has 1 saturated heterocycles. The molecule has 5 heteroatoms. The smallest absolute Gasteiger partial charge is 0.254 e. The molecule has 2 aromatic carbocycles. The first-order valence-electron chi connectivity index (χ1n) is 7.72. The first-order chi connectivity index (χ1) is 11.2. The number of hydrogen-bond acceptors (Lipinski definition) is 4. The van der Waals surface area contributed by atoms with Crippen molar-refractivity contribution in [1.29, 1.82) is 0 Å². The Morgan fingerprint density at radius 1 is 1.04 bits per heavy atom. The highest BCUT2D eigenvalue weighted by molar-refractivity contribution is 5.95. The molecule has 0 saturated carbocycles. The van der Waals surface area contributed by atoms with E-state index in [9.17, 15) is 4.79 Å². The van der Waals surface area contributed by atoms with E-state index in [1.165, 1.54) is 0 Å². The average Bonchev–Trinajstić information content (AvgIpc) is 2.61. The van der Waals surface area contributed by atoms with E-state index in [2.05, 4.69) is 4.90 Å². The van der Waals surface area contributed by atoms with Gasteiger partial charge in [0.15, 0.2) is 0 Å². The van der Waals surface area contributed by atoms with Crippen molar-refractivity contribution in [3.63, 3.8) is 0 Å². The van der Waals surface area contributed by atoms with E-state index in [1.807, 2.05) is 41.3 Å². The molecule has 1 heterocycles. The van der Waals surface area contributed by atoms with E-state index in [0.29, 0.717) is 24.3 Å². The number of amides is 1. The second kappa shape index (κ2) is 6.60. The summed E-state index contributed by atoms with van der Waals surface area (Å²) in [5.41, 5.74) is 8.10. The van der Waals surface area contributed by atoms with Crippen LogP contribution in [0.25, 0.3) is 0 Å². The van der Waals surface area contributed by atoms with Crippen molar-refractivity contribution in [1.82, 2.24) is 4.90 Å². The Balaban J connectivity index is 1.67. The van der Waals surface area contributed by atoms with Crippen LogP contribution < -0.4 is 15.4 Å². The molecule has 23 heavy (non-hydrogen) atoms. The van der Waals surface area contributed by atoms with E-state index >= 15 is 0 Å². The fraction of sp³-hybridized carbons (Fsp3) is 0.278. The Hall–Kier alpha value is -2.69. The van der Waals surface area contributed by atoms with Crippen LogP contribution in [0, 0.1) is 0 Å². The van der Waals surface area contributed by atoms with Gasteiger partial charge in [-0.15, -0.1) is 0 Å². The van der Waals surface area contributed by atoms with Gasteiger partial charge in [-0.2, -0.15) is 0 Å². The normalized spacial score (nSPS) is 14.7. The third-order valence-electron chi connectivity index (χ3n) is 4.13. The summed E-state index contributed by atoms with van der Waals surface area (Å²) in [6, 6.07) is 15.1. The number of piperazine rings is 1. The van der Waals surface area contributed by atoms with Crippen LogP contribution in [0.5, 0.6) is 5.75 Å². The summed E-state index contributed by atoms with van der Waals surface area (Å²) >= 11 is 0. The molecule has 2 N–H and O–H groups in total. The monoisotopic (exact) mass is 311 g/mol. The predicted octanol–water partition coefficient (Wildman–Crippen LogP) is 2.24. The molecular weight excluding hydrogens is 290 g/mol. The number of hydrogen-bond donors (Lipinski definition) is 1. The Morgan fingerprint density at radius 3 is 2.48 bits per heavy atom. The number of methoxy groups -OCH3 is 1. The fourth-order valence-electron chi connectivity index (χ4n) is 2.90. The molecule has 0 aromatic heterocycles. The Morgan fingerprint density at radius 2 is 1.78 bits per heavy atom. The van der Waals surface area contributed by atoms with Gasteiger partial charge in [-0.3, -0.25) is 4.79 Å². The maximum atomic E-state index is 12.5. The number of anilines is 2. The van der Waals surface area contributed by atoms with Gasteiger partial charge in [0, 0.05) is 37.4 Å². The van der Waals surface area contributed by atoms with Gasteiger partial charge in [0.1, 0.15) is 5.75 Å². The largest absolute Gasteiger partial charge is 0.495 e. The first kappa shape index (κ1) is 15.2. The van der Waals surface area contributed by atoms with E-state index in [1.54, 1.807) is 19.2 Å². The Bertz CT molecular complexity index is 694. The van der Waals surface area contributed by atoms with Crippen LogP contribution in [0.15, 0.2) is 48.5 Å². The molecule has 120 valence electrons. The Labute approximate surface area is 136 Å². The van der Waals surface area contributed by atoms with Crippen LogP contribution in [-0.4, -0.2) is 44.1 Å². The predicted molar refractivity (Wildman–Crippen MR) is 92.0 cm³/mol. The highest BCUT2D eigenvalue weighted by Crippen LogP contribution is 2.28. The van der Waals surface area contributed by atoms with Crippen LogP contribution in [0.3, 0.4) is 0 Å². The van der Waals surface area contributed by atoms with Gasteiger partial charge < -0.3 is 20.3 Å². The lowest BCUT2D eigenvalue weighted by molar-refractivity contribution is 0.0746. The molecule has 2 aromatic rings. The van der Waals surface area contributed by atoms with Gasteiger partial charge in [0.25, 0.3) is 5.91 Å². The zero-order chi connectivity index (χ0) is 16.2. The third kappa shape index (κ3) is 3.23. The minimum Gasteiger partial charge on any atom is -0.495 e. The molecule has 1 fully saturated rings. The molecular formula is C18H21N3O2. The minimum atomic E-state index is 0.0389. The standard InChI is InChI=1S/C18H21N3O2/c1-23-17-8-3-2-7-16(17)20-9-11-21(12-10-20)18(22)14-5-4-6-15(19)13-14/h2-8,13H,9-12,19H2,1H3. The number of rotatable bonds is 3. The minimum absolute atomic E-state index is 0.0389. The maximum absolute atomic E-state index is 12.5. The summed E-state index contributed by atoms with van der Waals surface area (Å²) in [5.74, 6) is 0.903. The molecule has 1 aliphatic rings. The molecule has 0 radical (unpaired) electrons. The first-order valence-corrected chi connectivity index (χ1v) is 7.72.